The molecule has 2 fully saturated rings. The molecule has 2 aliphatic heterocycles. The van der Waals surface area contributed by atoms with Crippen molar-refractivity contribution in [1.29, 1.82) is 0 Å². The number of aliphatic hydroxyl groups is 1. The molecule has 44 heavy (non-hydrogen) atoms. The zero-order valence-corrected chi connectivity index (χ0v) is 25.8. The Kier molecular flexibility index (Phi) is 9.09. The van der Waals surface area contributed by atoms with E-state index in [1.165, 1.54) is 6.07 Å². The third-order valence-electron chi connectivity index (χ3n) is 8.18. The molecule has 0 unspecified atom stereocenters. The smallest absolute Gasteiger partial charge is 0.475 e. The van der Waals surface area contributed by atoms with Gasteiger partial charge in [0.2, 0.25) is 11.8 Å². The monoisotopic (exact) mass is 661 g/mol. The quantitative estimate of drug-likeness (QED) is 0.274. The van der Waals surface area contributed by atoms with E-state index >= 15 is 4.39 Å². The highest BCUT2D eigenvalue weighted by Crippen LogP contribution is 2.57. The van der Waals surface area contributed by atoms with Crippen LogP contribution in [0.15, 0.2) is 36.4 Å². The molecule has 2 aromatic carbocycles. The van der Waals surface area contributed by atoms with Crippen molar-refractivity contribution in [3.8, 4) is 0 Å². The van der Waals surface area contributed by atoms with Gasteiger partial charge in [0.25, 0.3) is 0 Å². The number of amides is 2. The summed E-state index contributed by atoms with van der Waals surface area (Å²) in [4.78, 5) is 36.8. The molecule has 1 saturated heterocycles. The number of alkyl halides is 3. The van der Waals surface area contributed by atoms with E-state index in [0.29, 0.717) is 35.5 Å². The van der Waals surface area contributed by atoms with Crippen LogP contribution in [-0.4, -0.2) is 57.9 Å². The van der Waals surface area contributed by atoms with Gasteiger partial charge in [-0.1, -0.05) is 62.2 Å². The molecule has 14 heteroatoms. The van der Waals surface area contributed by atoms with Crippen molar-refractivity contribution in [2.24, 2.45) is 5.41 Å². The number of carbonyl (C=O) groups excluding carboxylic acids is 2. The fraction of sp³-hybridized carbons (Fsp3) is 0.500. The summed E-state index contributed by atoms with van der Waals surface area (Å²) in [6.45, 7) is 7.93. The van der Waals surface area contributed by atoms with Gasteiger partial charge in [-0.15, -0.1) is 0 Å². The van der Waals surface area contributed by atoms with E-state index in [-0.39, 0.29) is 33.9 Å². The molecule has 240 valence electrons. The van der Waals surface area contributed by atoms with Gasteiger partial charge in [0.1, 0.15) is 11.2 Å². The van der Waals surface area contributed by atoms with Crippen molar-refractivity contribution >= 4 is 46.7 Å². The van der Waals surface area contributed by atoms with E-state index < -0.39 is 47.0 Å². The average molecular weight is 663 g/mol. The molecular weight excluding hydrogens is 629 g/mol. The predicted octanol–water partition coefficient (Wildman–Crippen LogP) is 5.55. The third-order valence-corrected chi connectivity index (χ3v) is 8.71. The average Bonchev–Trinajstić information content (AvgIpc) is 3.33. The number of rotatable bonds is 4. The lowest BCUT2D eigenvalue weighted by Crippen LogP contribution is -2.57. The van der Waals surface area contributed by atoms with E-state index in [1.807, 2.05) is 0 Å². The molecule has 1 aliphatic carbocycles. The molecule has 1 spiro atoms. The van der Waals surface area contributed by atoms with Crippen LogP contribution in [0.5, 0.6) is 0 Å². The molecule has 4 atom stereocenters. The van der Waals surface area contributed by atoms with Crippen molar-refractivity contribution < 1.29 is 42.2 Å². The number of aliphatic carboxylic acids is 1. The van der Waals surface area contributed by atoms with E-state index in [0.717, 1.165) is 0 Å². The molecule has 0 radical (unpaired) electrons. The van der Waals surface area contributed by atoms with Crippen LogP contribution in [0.3, 0.4) is 0 Å². The first-order valence-electron chi connectivity index (χ1n) is 13.8. The van der Waals surface area contributed by atoms with Gasteiger partial charge in [0.15, 0.2) is 0 Å². The summed E-state index contributed by atoms with van der Waals surface area (Å²) >= 11 is 12.5. The Morgan fingerprint density at radius 2 is 1.73 bits per heavy atom. The standard InChI is InChI=1S/C28H32Cl2FN3O3.C2HF3O2/c1-26(2,3)13-20-28(17-9-8-14(29)10-19(17)33-25(28)36)21(16-6-5-7-18(30)22(16)31)23(34-20)24(35)32-15-11-27(4,37)12-15;3-2(4,5)1(6)7/h5-10,15,20-21,23,34,37H,11-13H2,1-4H3,(H,32,35)(H,33,36);(H,6,7)/t15?,20-,21-,23+,27?,28+;/m0./s1. The zero-order chi connectivity index (χ0) is 33.0. The molecule has 5 rings (SSSR count). The Bertz CT molecular complexity index is 1470. The number of fused-ring (bicyclic) bond motifs is 2. The number of anilines is 1. The number of carboxylic acid groups (broad SMARTS) is 1. The largest absolute Gasteiger partial charge is 0.490 e. The Labute approximate surface area is 261 Å². The Morgan fingerprint density at radius 1 is 1.11 bits per heavy atom. The van der Waals surface area contributed by atoms with Crippen LogP contribution >= 0.6 is 23.2 Å². The van der Waals surface area contributed by atoms with Crippen LogP contribution in [0.4, 0.5) is 23.2 Å². The topological polar surface area (TPSA) is 128 Å². The van der Waals surface area contributed by atoms with E-state index in [2.05, 4.69) is 36.7 Å². The van der Waals surface area contributed by atoms with Crippen molar-refractivity contribution in [3.05, 3.63) is 63.4 Å². The lowest BCUT2D eigenvalue weighted by Gasteiger charge is -2.42. The van der Waals surface area contributed by atoms with Gasteiger partial charge in [0.05, 0.1) is 16.7 Å². The van der Waals surface area contributed by atoms with Crippen molar-refractivity contribution in [1.82, 2.24) is 10.6 Å². The number of hydrogen-bond acceptors (Lipinski definition) is 5. The maximum atomic E-state index is 15.7. The number of carboxylic acids is 1. The maximum Gasteiger partial charge on any atom is 0.490 e. The molecule has 5 N–H and O–H groups in total. The molecule has 8 nitrogen and oxygen atoms in total. The summed E-state index contributed by atoms with van der Waals surface area (Å²) < 4.78 is 47.5. The molecular formula is C30H33Cl2F4N3O5. The lowest BCUT2D eigenvalue weighted by atomic mass is 9.62. The fourth-order valence-corrected chi connectivity index (χ4v) is 6.90. The van der Waals surface area contributed by atoms with Gasteiger partial charge in [-0.2, -0.15) is 13.2 Å². The second-order valence-corrected chi connectivity index (χ2v) is 13.9. The third kappa shape index (κ3) is 6.54. The van der Waals surface area contributed by atoms with Crippen LogP contribution in [0.1, 0.15) is 64.0 Å². The molecule has 2 amide bonds. The first-order valence-corrected chi connectivity index (χ1v) is 14.6. The van der Waals surface area contributed by atoms with Gasteiger partial charge in [-0.05, 0) is 60.9 Å². The Balaban J connectivity index is 0.000000566. The van der Waals surface area contributed by atoms with Crippen LogP contribution in [0.25, 0.3) is 0 Å². The highest BCUT2D eigenvalue weighted by atomic mass is 35.5. The van der Waals surface area contributed by atoms with Crippen LogP contribution in [-0.2, 0) is 19.8 Å². The highest BCUT2D eigenvalue weighted by molar-refractivity contribution is 6.31. The SMILES string of the molecule is CC(C)(C)C[C@@H]1N[C@@H](C(=O)NC2CC(C)(O)C2)[C@H](c2cccc(Cl)c2F)[C@]12C(=O)Nc1cc(Cl)ccc12.O=C(O)C(F)(F)F. The highest BCUT2D eigenvalue weighted by Gasteiger charge is 2.66. The molecule has 0 aromatic heterocycles. The van der Waals surface area contributed by atoms with Gasteiger partial charge >= 0.3 is 12.1 Å². The first-order chi connectivity index (χ1) is 20.2. The lowest BCUT2D eigenvalue weighted by molar-refractivity contribution is -0.192. The summed E-state index contributed by atoms with van der Waals surface area (Å²) in [5.41, 5.74) is -0.882. The van der Waals surface area contributed by atoms with Crippen LogP contribution in [0.2, 0.25) is 10.0 Å². The van der Waals surface area contributed by atoms with Crippen LogP contribution in [0, 0.1) is 11.2 Å². The summed E-state index contributed by atoms with van der Waals surface area (Å²) in [6, 6.07) is 8.29. The molecule has 0 bridgehead atoms. The minimum Gasteiger partial charge on any atom is -0.475 e. The summed E-state index contributed by atoms with van der Waals surface area (Å²) in [7, 11) is 0. The van der Waals surface area contributed by atoms with Crippen molar-refractivity contribution in [2.75, 3.05) is 5.32 Å². The molecule has 2 heterocycles. The summed E-state index contributed by atoms with van der Waals surface area (Å²) in [5, 5.41) is 27.1. The summed E-state index contributed by atoms with van der Waals surface area (Å²) in [5.74, 6) is -4.94. The normalized spacial score (nSPS) is 29.3. The Hall–Kier alpha value is -2.93. The minimum atomic E-state index is -5.08. The number of halogens is 6. The minimum absolute atomic E-state index is 0.0733. The van der Waals surface area contributed by atoms with Gasteiger partial charge in [0, 0.05) is 28.7 Å². The van der Waals surface area contributed by atoms with E-state index in [4.69, 9.17) is 33.1 Å². The second-order valence-electron chi connectivity index (χ2n) is 13.0. The zero-order valence-electron chi connectivity index (χ0n) is 24.3. The van der Waals surface area contributed by atoms with Crippen molar-refractivity contribution in [2.45, 2.75) is 88.2 Å². The number of benzene rings is 2. The maximum absolute atomic E-state index is 15.7. The van der Waals surface area contributed by atoms with E-state index in [9.17, 15) is 27.9 Å². The number of hydrogen-bond donors (Lipinski definition) is 5. The number of nitrogens with one attached hydrogen (secondary N) is 3. The Morgan fingerprint density at radius 3 is 2.27 bits per heavy atom. The van der Waals surface area contributed by atoms with Gasteiger partial charge in [-0.25, -0.2) is 9.18 Å². The van der Waals surface area contributed by atoms with E-state index in [1.54, 1.807) is 37.3 Å². The predicted molar refractivity (Wildman–Crippen MR) is 156 cm³/mol. The van der Waals surface area contributed by atoms with Crippen LogP contribution < -0.4 is 16.0 Å². The first kappa shape index (κ1) is 34.0. The van der Waals surface area contributed by atoms with Crippen molar-refractivity contribution in [3.63, 3.8) is 0 Å². The molecule has 2 aromatic rings. The molecule has 1 saturated carbocycles. The van der Waals surface area contributed by atoms with Gasteiger partial charge in [-0.3, -0.25) is 9.59 Å². The van der Waals surface area contributed by atoms with Gasteiger partial charge < -0.3 is 26.2 Å². The summed E-state index contributed by atoms with van der Waals surface area (Å²) in [6.07, 6.45) is -3.68. The fourth-order valence-electron chi connectivity index (χ4n) is 6.55. The second kappa shape index (κ2) is 11.8. The number of carbonyl (C=O) groups is 3. The molecule has 3 aliphatic rings.